The Balaban J connectivity index is 1.02. The molecule has 3 amide bonds. The second kappa shape index (κ2) is 12.2. The molecular formula is C32H32N6O5. The predicted octanol–water partition coefficient (Wildman–Crippen LogP) is 3.11. The van der Waals surface area contributed by atoms with Gasteiger partial charge in [0, 0.05) is 44.2 Å². The van der Waals surface area contributed by atoms with Crippen molar-refractivity contribution >= 4 is 23.4 Å². The molecule has 3 aliphatic heterocycles. The maximum atomic E-state index is 12.9. The number of imide groups is 1. The number of ether oxygens (including phenoxy) is 1. The van der Waals surface area contributed by atoms with Crippen molar-refractivity contribution in [3.8, 4) is 11.8 Å². The lowest BCUT2D eigenvalue weighted by Crippen LogP contribution is -2.47. The van der Waals surface area contributed by atoms with Gasteiger partial charge in [0.25, 0.3) is 11.8 Å². The van der Waals surface area contributed by atoms with Gasteiger partial charge in [0.2, 0.25) is 5.91 Å². The lowest BCUT2D eigenvalue weighted by atomic mass is 10.0. The minimum Gasteiger partial charge on any atom is -0.489 e. The highest BCUT2D eigenvalue weighted by Gasteiger charge is 2.36. The van der Waals surface area contributed by atoms with Gasteiger partial charge in [-0.3, -0.25) is 29.4 Å². The number of carbonyl (C=O) groups excluding carboxylic acids is 3. The topological polar surface area (TPSA) is 128 Å². The van der Waals surface area contributed by atoms with Crippen LogP contribution in [0, 0.1) is 11.3 Å². The SMILES string of the molecule is C[C@H](c1ccc(COc2cccc3c2CN(OC2CCC(=O)NC2=O)C3=O)cc1)N1CCN(c2ccc(C#N)nc2)CC1. The van der Waals surface area contributed by atoms with Crippen molar-refractivity contribution < 1.29 is 24.0 Å². The van der Waals surface area contributed by atoms with Gasteiger partial charge in [0.15, 0.2) is 6.10 Å². The van der Waals surface area contributed by atoms with Crippen molar-refractivity contribution in [2.24, 2.45) is 0 Å². The van der Waals surface area contributed by atoms with Crippen LogP contribution in [0.25, 0.3) is 0 Å². The first-order valence-corrected chi connectivity index (χ1v) is 14.4. The number of carbonyl (C=O) groups is 3. The number of nitrogens with zero attached hydrogens (tertiary/aromatic N) is 5. The highest BCUT2D eigenvalue weighted by Crippen LogP contribution is 2.33. The fourth-order valence-corrected chi connectivity index (χ4v) is 5.70. The van der Waals surface area contributed by atoms with Crippen molar-refractivity contribution in [2.75, 3.05) is 31.1 Å². The number of piperidine rings is 1. The Bertz CT molecular complexity index is 1560. The van der Waals surface area contributed by atoms with Gasteiger partial charge in [-0.1, -0.05) is 30.3 Å². The van der Waals surface area contributed by atoms with E-state index in [4.69, 9.17) is 14.8 Å². The van der Waals surface area contributed by atoms with Crippen LogP contribution in [0.1, 0.15) is 58.5 Å². The molecular weight excluding hydrogens is 548 g/mol. The molecule has 3 aliphatic rings. The molecule has 220 valence electrons. The zero-order valence-electron chi connectivity index (χ0n) is 23.9. The summed E-state index contributed by atoms with van der Waals surface area (Å²) >= 11 is 0. The number of anilines is 1. The largest absolute Gasteiger partial charge is 0.489 e. The van der Waals surface area contributed by atoms with Crippen LogP contribution in [0.4, 0.5) is 5.69 Å². The third-order valence-corrected chi connectivity index (χ3v) is 8.28. The molecule has 1 aromatic heterocycles. The lowest BCUT2D eigenvalue weighted by molar-refractivity contribution is -0.183. The molecule has 4 heterocycles. The first-order valence-electron chi connectivity index (χ1n) is 14.4. The number of fused-ring (bicyclic) bond motifs is 1. The summed E-state index contributed by atoms with van der Waals surface area (Å²) < 4.78 is 6.14. The van der Waals surface area contributed by atoms with E-state index < -0.39 is 12.0 Å². The molecule has 43 heavy (non-hydrogen) atoms. The van der Waals surface area contributed by atoms with Crippen LogP contribution >= 0.6 is 0 Å². The molecule has 11 heteroatoms. The molecule has 0 aliphatic carbocycles. The maximum absolute atomic E-state index is 12.9. The zero-order chi connectivity index (χ0) is 29.9. The highest BCUT2D eigenvalue weighted by atomic mass is 16.7. The summed E-state index contributed by atoms with van der Waals surface area (Å²) in [5.41, 5.74) is 4.89. The van der Waals surface area contributed by atoms with Crippen molar-refractivity contribution in [3.63, 3.8) is 0 Å². The Kier molecular flexibility index (Phi) is 8.05. The standard InChI is InChI=1S/C32H32N6O5/c1-21(36-13-15-37(16-14-36)25-10-9-24(17-33)34-18-25)23-7-5-22(6-8-23)20-42-28-4-2-3-26-27(28)19-38(32(26)41)43-29-11-12-30(39)35-31(29)40/h2-10,18,21,29H,11-16,19-20H2,1H3,(H,35,39,40)/t21-,29?/m1/s1. The zero-order valence-corrected chi connectivity index (χ0v) is 23.9. The number of piperazine rings is 1. The molecule has 1 N–H and O–H groups in total. The van der Waals surface area contributed by atoms with Gasteiger partial charge >= 0.3 is 0 Å². The van der Waals surface area contributed by atoms with Crippen molar-refractivity contribution in [1.82, 2.24) is 20.3 Å². The number of nitriles is 1. The molecule has 0 spiro atoms. The Morgan fingerprint density at radius 3 is 2.53 bits per heavy atom. The molecule has 1 unspecified atom stereocenters. The molecule has 3 aromatic rings. The van der Waals surface area contributed by atoms with Crippen LogP contribution in [0.5, 0.6) is 5.75 Å². The fraction of sp³-hybridized carbons (Fsp3) is 0.344. The lowest BCUT2D eigenvalue weighted by Gasteiger charge is -2.39. The summed E-state index contributed by atoms with van der Waals surface area (Å²) in [6.45, 7) is 6.35. The van der Waals surface area contributed by atoms with Crippen molar-refractivity contribution in [3.05, 3.63) is 88.7 Å². The molecule has 2 atom stereocenters. The van der Waals surface area contributed by atoms with E-state index in [1.807, 2.05) is 12.1 Å². The summed E-state index contributed by atoms with van der Waals surface area (Å²) in [5, 5.41) is 12.4. The minimum absolute atomic E-state index is 0.160. The van der Waals surface area contributed by atoms with Crippen LogP contribution in [0.3, 0.4) is 0 Å². The number of hydroxylamine groups is 2. The monoisotopic (exact) mass is 580 g/mol. The van der Waals surface area contributed by atoms with Crippen molar-refractivity contribution in [2.45, 2.75) is 45.1 Å². The molecule has 0 radical (unpaired) electrons. The second-order valence-electron chi connectivity index (χ2n) is 10.9. The Morgan fingerprint density at radius 1 is 1.05 bits per heavy atom. The smallest absolute Gasteiger partial charge is 0.278 e. The van der Waals surface area contributed by atoms with Gasteiger partial charge in [-0.2, -0.15) is 5.26 Å². The molecule has 6 rings (SSSR count). The van der Waals surface area contributed by atoms with E-state index in [1.165, 1.54) is 10.6 Å². The second-order valence-corrected chi connectivity index (χ2v) is 10.9. The number of rotatable bonds is 8. The van der Waals surface area contributed by atoms with Gasteiger partial charge in [-0.05, 0) is 48.7 Å². The maximum Gasteiger partial charge on any atom is 0.278 e. The van der Waals surface area contributed by atoms with Crippen LogP contribution in [-0.2, 0) is 27.6 Å². The Morgan fingerprint density at radius 2 is 1.84 bits per heavy atom. The van der Waals surface area contributed by atoms with Gasteiger partial charge in [-0.15, -0.1) is 0 Å². The summed E-state index contributed by atoms with van der Waals surface area (Å²) in [7, 11) is 0. The molecule has 11 nitrogen and oxygen atoms in total. The van der Waals surface area contributed by atoms with E-state index in [9.17, 15) is 14.4 Å². The van der Waals surface area contributed by atoms with Crippen LogP contribution in [-0.4, -0.2) is 65.0 Å². The van der Waals surface area contributed by atoms with E-state index in [2.05, 4.69) is 57.4 Å². The third-order valence-electron chi connectivity index (χ3n) is 8.28. The van der Waals surface area contributed by atoms with Crippen molar-refractivity contribution in [1.29, 1.82) is 5.26 Å². The third kappa shape index (κ3) is 6.07. The van der Waals surface area contributed by atoms with Gasteiger partial charge in [-0.25, -0.2) is 10.0 Å². The normalized spacial score (nSPS) is 19.5. The molecule has 2 saturated heterocycles. The average Bonchev–Trinajstić information content (AvgIpc) is 3.36. The van der Waals surface area contributed by atoms with E-state index in [1.54, 1.807) is 24.4 Å². The molecule has 0 saturated carbocycles. The highest BCUT2D eigenvalue weighted by molar-refractivity contribution is 6.00. The summed E-state index contributed by atoms with van der Waals surface area (Å²) in [6, 6.07) is 19.7. The summed E-state index contributed by atoms with van der Waals surface area (Å²) in [4.78, 5) is 51.1. The number of amides is 3. The van der Waals surface area contributed by atoms with E-state index >= 15 is 0 Å². The number of hydrogen-bond acceptors (Lipinski definition) is 9. The van der Waals surface area contributed by atoms with Crippen LogP contribution in [0.15, 0.2) is 60.8 Å². The van der Waals surface area contributed by atoms with Crippen LogP contribution < -0.4 is 15.0 Å². The summed E-state index contributed by atoms with van der Waals surface area (Å²) in [6.07, 6.45) is 1.29. The predicted molar refractivity (Wildman–Crippen MR) is 155 cm³/mol. The minimum atomic E-state index is -0.884. The number of hydrogen-bond donors (Lipinski definition) is 1. The van der Waals surface area contributed by atoms with Gasteiger partial charge in [0.1, 0.15) is 24.1 Å². The number of benzene rings is 2. The van der Waals surface area contributed by atoms with E-state index in [0.717, 1.165) is 37.4 Å². The fourth-order valence-electron chi connectivity index (χ4n) is 5.70. The molecule has 0 bridgehead atoms. The summed E-state index contributed by atoms with van der Waals surface area (Å²) in [5.74, 6) is -0.612. The van der Waals surface area contributed by atoms with Crippen LogP contribution in [0.2, 0.25) is 0 Å². The average molecular weight is 581 g/mol. The molecule has 2 fully saturated rings. The number of aromatic nitrogens is 1. The Hall–Kier alpha value is -4.79. The van der Waals surface area contributed by atoms with E-state index in [-0.39, 0.29) is 37.2 Å². The van der Waals surface area contributed by atoms with Gasteiger partial charge in [0.05, 0.1) is 24.0 Å². The quantitative estimate of drug-likeness (QED) is 0.400. The number of nitrogens with one attached hydrogen (secondary N) is 1. The van der Waals surface area contributed by atoms with Gasteiger partial charge < -0.3 is 9.64 Å². The van der Waals surface area contributed by atoms with E-state index in [0.29, 0.717) is 29.2 Å². The first-order chi connectivity index (χ1) is 20.9. The number of pyridine rings is 1. The Labute approximate surface area is 249 Å². The molecule has 2 aromatic carbocycles. The first kappa shape index (κ1) is 28.3.